The van der Waals surface area contributed by atoms with Crippen molar-refractivity contribution in [2.75, 3.05) is 5.32 Å². The molecular weight excluding hydrogens is 320 g/mol. The Morgan fingerprint density at radius 2 is 2.17 bits per heavy atom. The van der Waals surface area contributed by atoms with Gasteiger partial charge in [-0.05, 0) is 18.9 Å². The maximum atomic E-state index is 10.7. The van der Waals surface area contributed by atoms with Crippen molar-refractivity contribution in [3.05, 3.63) is 24.9 Å². The van der Waals surface area contributed by atoms with Crippen molar-refractivity contribution < 1.29 is 12.8 Å². The van der Waals surface area contributed by atoms with Crippen LogP contribution >= 0.6 is 0 Å². The summed E-state index contributed by atoms with van der Waals surface area (Å²) in [6, 6.07) is 2.08. The molecule has 23 heavy (non-hydrogen) atoms. The first-order valence-electron chi connectivity index (χ1n) is 7.10. The van der Waals surface area contributed by atoms with Crippen molar-refractivity contribution in [3.63, 3.8) is 0 Å². The minimum absolute atomic E-state index is 0.0102. The second kappa shape index (κ2) is 5.63. The topological polar surface area (TPSA) is 126 Å². The molecule has 120 valence electrons. The fraction of sp³-hybridized carbons (Fsp3) is 0.308. The van der Waals surface area contributed by atoms with E-state index in [2.05, 4.69) is 30.2 Å². The van der Waals surface area contributed by atoms with Crippen LogP contribution in [0.5, 0.6) is 0 Å². The Morgan fingerprint density at radius 3 is 2.91 bits per heavy atom. The van der Waals surface area contributed by atoms with E-state index in [1.807, 2.05) is 12.3 Å². The van der Waals surface area contributed by atoms with Crippen LogP contribution < -0.4 is 10.0 Å². The van der Waals surface area contributed by atoms with Crippen molar-refractivity contribution in [3.8, 4) is 11.5 Å². The number of hydrogen-bond acceptors (Lipinski definition) is 7. The molecule has 0 unspecified atom stereocenters. The lowest BCUT2D eigenvalue weighted by atomic mass is 9.87. The van der Waals surface area contributed by atoms with Crippen LogP contribution in [0.2, 0.25) is 0 Å². The van der Waals surface area contributed by atoms with Gasteiger partial charge >= 0.3 is 0 Å². The van der Waals surface area contributed by atoms with E-state index >= 15 is 0 Å². The van der Waals surface area contributed by atoms with Crippen LogP contribution in [-0.4, -0.2) is 40.7 Å². The number of pyridine rings is 1. The Bertz CT molecular complexity index is 890. The standard InChI is InChI=1S/C13H14N6O3S/c20-23(21)19-8-3-7(4-8)17-11-9-1-2-14-12(9)15-5-10(11)13-18-16-6-22-13/h1-2,5-8,23H,3-4H2,(H2,14,15,17)(H,19,20,21)/t7-,8+. The molecule has 0 saturated heterocycles. The fourth-order valence-electron chi connectivity index (χ4n) is 2.81. The Labute approximate surface area is 132 Å². The zero-order valence-corrected chi connectivity index (χ0v) is 12.8. The highest BCUT2D eigenvalue weighted by atomic mass is 32.2. The molecule has 1 fully saturated rings. The van der Waals surface area contributed by atoms with Gasteiger partial charge in [-0.3, -0.25) is 0 Å². The van der Waals surface area contributed by atoms with E-state index in [1.54, 1.807) is 6.20 Å². The SMILES string of the molecule is O=[SH](=O)N[C@H]1C[C@@H](Nc2c(-c3nnco3)cnc3[nH]ccc23)C1. The third-order valence-electron chi connectivity index (χ3n) is 3.95. The summed E-state index contributed by atoms with van der Waals surface area (Å²) in [5.74, 6) is 0.389. The zero-order valence-electron chi connectivity index (χ0n) is 11.9. The molecule has 4 rings (SSSR count). The molecule has 0 amide bonds. The van der Waals surface area contributed by atoms with E-state index < -0.39 is 10.9 Å². The number of fused-ring (bicyclic) bond motifs is 1. The van der Waals surface area contributed by atoms with E-state index in [-0.39, 0.29) is 12.1 Å². The highest BCUT2D eigenvalue weighted by Gasteiger charge is 2.30. The van der Waals surface area contributed by atoms with Gasteiger partial charge < -0.3 is 14.7 Å². The molecule has 3 aromatic heterocycles. The maximum Gasteiger partial charge on any atom is 0.251 e. The molecule has 1 aliphatic carbocycles. The van der Waals surface area contributed by atoms with E-state index in [4.69, 9.17) is 4.42 Å². The Balaban J connectivity index is 1.63. The van der Waals surface area contributed by atoms with Gasteiger partial charge in [-0.15, -0.1) is 10.2 Å². The normalized spacial score (nSPS) is 20.7. The minimum atomic E-state index is -2.56. The summed E-state index contributed by atoms with van der Waals surface area (Å²) in [6.45, 7) is 0. The van der Waals surface area contributed by atoms with Crippen LogP contribution in [-0.2, 0) is 10.9 Å². The van der Waals surface area contributed by atoms with Gasteiger partial charge in [0.25, 0.3) is 5.89 Å². The van der Waals surface area contributed by atoms with Gasteiger partial charge in [-0.1, -0.05) is 0 Å². The lowest BCUT2D eigenvalue weighted by molar-refractivity contribution is 0.349. The fourth-order valence-corrected chi connectivity index (χ4v) is 3.32. The molecule has 0 bridgehead atoms. The Kier molecular flexibility index (Phi) is 3.46. The first kappa shape index (κ1) is 14.2. The van der Waals surface area contributed by atoms with Gasteiger partial charge in [0.15, 0.2) is 0 Å². The van der Waals surface area contributed by atoms with Crippen molar-refractivity contribution in [1.82, 2.24) is 24.9 Å². The predicted molar refractivity (Wildman–Crippen MR) is 83.3 cm³/mol. The van der Waals surface area contributed by atoms with Gasteiger partial charge in [0.2, 0.25) is 17.3 Å². The highest BCUT2D eigenvalue weighted by molar-refractivity contribution is 7.70. The Morgan fingerprint density at radius 1 is 1.30 bits per heavy atom. The van der Waals surface area contributed by atoms with Crippen LogP contribution in [0, 0.1) is 0 Å². The smallest absolute Gasteiger partial charge is 0.251 e. The second-order valence-corrected chi connectivity index (χ2v) is 6.20. The number of thiol groups is 1. The van der Waals surface area contributed by atoms with E-state index in [9.17, 15) is 8.42 Å². The molecule has 10 heteroatoms. The summed E-state index contributed by atoms with van der Waals surface area (Å²) in [5, 5.41) is 12.0. The highest BCUT2D eigenvalue weighted by Crippen LogP contribution is 2.35. The zero-order chi connectivity index (χ0) is 15.8. The third kappa shape index (κ3) is 2.66. The average molecular weight is 334 g/mol. The summed E-state index contributed by atoms with van der Waals surface area (Å²) in [6.07, 6.45) is 6.21. The number of rotatable bonds is 5. The monoisotopic (exact) mass is 334 g/mol. The Hall–Kier alpha value is -2.46. The lowest BCUT2D eigenvalue weighted by Crippen LogP contribution is -2.47. The summed E-state index contributed by atoms with van der Waals surface area (Å²) in [5.41, 5.74) is 2.34. The van der Waals surface area contributed by atoms with Gasteiger partial charge in [0.1, 0.15) is 5.65 Å². The second-order valence-electron chi connectivity index (χ2n) is 5.43. The lowest BCUT2D eigenvalue weighted by Gasteiger charge is -2.36. The third-order valence-corrected chi connectivity index (χ3v) is 4.53. The average Bonchev–Trinajstić information content (AvgIpc) is 3.15. The number of anilines is 1. The van der Waals surface area contributed by atoms with Crippen molar-refractivity contribution in [2.24, 2.45) is 0 Å². The van der Waals surface area contributed by atoms with E-state index in [0.29, 0.717) is 5.89 Å². The minimum Gasteiger partial charge on any atom is -0.423 e. The van der Waals surface area contributed by atoms with Crippen LogP contribution in [0.1, 0.15) is 12.8 Å². The molecule has 0 aliphatic heterocycles. The van der Waals surface area contributed by atoms with Crippen LogP contribution in [0.4, 0.5) is 5.69 Å². The number of nitrogens with zero attached hydrogens (tertiary/aromatic N) is 3. The van der Waals surface area contributed by atoms with Gasteiger partial charge in [0.05, 0.1) is 11.3 Å². The van der Waals surface area contributed by atoms with E-state index in [1.165, 1.54) is 6.39 Å². The summed E-state index contributed by atoms with van der Waals surface area (Å²) >= 11 is 0. The summed E-state index contributed by atoms with van der Waals surface area (Å²) in [7, 11) is -2.56. The molecule has 0 radical (unpaired) electrons. The summed E-state index contributed by atoms with van der Waals surface area (Å²) < 4.78 is 29.2. The van der Waals surface area contributed by atoms with E-state index in [0.717, 1.165) is 35.1 Å². The number of aromatic nitrogens is 4. The molecule has 3 aromatic rings. The van der Waals surface area contributed by atoms with Crippen LogP contribution in [0.15, 0.2) is 29.3 Å². The van der Waals surface area contributed by atoms with Crippen molar-refractivity contribution >= 4 is 27.6 Å². The molecule has 0 atom stereocenters. The molecule has 1 aliphatic rings. The van der Waals surface area contributed by atoms with Gasteiger partial charge in [0, 0.05) is 29.9 Å². The molecule has 9 nitrogen and oxygen atoms in total. The van der Waals surface area contributed by atoms with Crippen molar-refractivity contribution in [1.29, 1.82) is 0 Å². The largest absolute Gasteiger partial charge is 0.423 e. The molecule has 0 aromatic carbocycles. The molecule has 3 N–H and O–H groups in total. The number of nitrogens with one attached hydrogen (secondary N) is 3. The predicted octanol–water partition coefficient (Wildman–Crippen LogP) is 0.672. The van der Waals surface area contributed by atoms with Crippen LogP contribution in [0.25, 0.3) is 22.5 Å². The quantitative estimate of drug-likeness (QED) is 0.505. The first-order chi connectivity index (χ1) is 11.2. The molecule has 3 heterocycles. The number of aromatic amines is 1. The molecular formula is C13H14N6O3S. The maximum absolute atomic E-state index is 10.7. The van der Waals surface area contributed by atoms with Gasteiger partial charge in [-0.2, -0.15) is 0 Å². The number of H-pyrrole nitrogens is 1. The van der Waals surface area contributed by atoms with Crippen molar-refractivity contribution in [2.45, 2.75) is 24.9 Å². The number of hydrogen-bond donors (Lipinski definition) is 4. The summed E-state index contributed by atoms with van der Waals surface area (Å²) in [4.78, 5) is 7.41. The molecule has 1 saturated carbocycles. The molecule has 0 spiro atoms. The van der Waals surface area contributed by atoms with Crippen LogP contribution in [0.3, 0.4) is 0 Å². The first-order valence-corrected chi connectivity index (χ1v) is 8.28. The van der Waals surface area contributed by atoms with Gasteiger partial charge in [-0.25, -0.2) is 18.1 Å².